The Morgan fingerprint density at radius 2 is 2.12 bits per heavy atom. The number of methoxy groups -OCH3 is 1. The van der Waals surface area contributed by atoms with Crippen LogP contribution in [0.4, 0.5) is 5.69 Å². The molecule has 1 aliphatic rings. The summed E-state index contributed by atoms with van der Waals surface area (Å²) in [5.74, 6) is 0.564. The van der Waals surface area contributed by atoms with Crippen molar-refractivity contribution in [2.75, 3.05) is 11.9 Å². The number of hydrogen-bond donors (Lipinski definition) is 0. The Morgan fingerprint density at radius 1 is 1.23 bits per heavy atom. The fourth-order valence-electron chi connectivity index (χ4n) is 3.05. The van der Waals surface area contributed by atoms with Gasteiger partial charge in [0, 0.05) is 18.8 Å². The van der Waals surface area contributed by atoms with E-state index < -0.39 is 7.04 Å². The average Bonchev–Trinajstić information content (AvgIpc) is 3.22. The van der Waals surface area contributed by atoms with Gasteiger partial charge in [0.2, 0.25) is 0 Å². The van der Waals surface area contributed by atoms with Crippen LogP contribution >= 0.6 is 0 Å². The van der Waals surface area contributed by atoms with Gasteiger partial charge in [0.1, 0.15) is 18.1 Å². The number of aryl methyl sites for hydroxylation is 1. The zero-order valence-electron chi connectivity index (χ0n) is 17.2. The first kappa shape index (κ1) is 13.0. The maximum atomic E-state index is 12.9. The number of fused-ring (bicyclic) bond motifs is 1. The number of amides is 1. The van der Waals surface area contributed by atoms with Gasteiger partial charge < -0.3 is 14.4 Å². The van der Waals surface area contributed by atoms with Crippen LogP contribution in [-0.2, 0) is 20.2 Å². The summed E-state index contributed by atoms with van der Waals surface area (Å²) in [5, 5.41) is 4.27. The summed E-state index contributed by atoms with van der Waals surface area (Å²) >= 11 is 0. The van der Waals surface area contributed by atoms with E-state index in [0.717, 1.165) is 11.3 Å². The number of hydrogen-bond acceptors (Lipinski definition) is 4. The Morgan fingerprint density at radius 3 is 2.92 bits per heavy atom. The highest BCUT2D eigenvalue weighted by Gasteiger charge is 2.30. The third-order valence-electron chi connectivity index (χ3n) is 4.30. The van der Waals surface area contributed by atoms with Crippen molar-refractivity contribution in [2.45, 2.75) is 13.2 Å². The Labute approximate surface area is 155 Å². The van der Waals surface area contributed by atoms with Crippen LogP contribution in [0.5, 0.6) is 11.5 Å². The van der Waals surface area contributed by atoms with Gasteiger partial charge in [-0.05, 0) is 42.0 Å². The first-order valence-electron chi connectivity index (χ1n) is 9.64. The molecule has 132 valence electrons. The molecule has 0 fully saturated rings. The molecular weight excluding hydrogens is 330 g/mol. The molecule has 4 rings (SSSR count). The smallest absolute Gasteiger partial charge is 0.259 e. The quantitative estimate of drug-likeness (QED) is 0.708. The second-order valence-corrected chi connectivity index (χ2v) is 6.05. The van der Waals surface area contributed by atoms with Gasteiger partial charge in [-0.3, -0.25) is 9.48 Å². The van der Waals surface area contributed by atoms with E-state index in [0.29, 0.717) is 30.2 Å². The molecule has 3 aromatic rings. The summed E-state index contributed by atoms with van der Waals surface area (Å²) in [7, 11) is -0.759. The first-order chi connectivity index (χ1) is 13.8. The Balaban J connectivity index is 1.54. The number of aromatic nitrogens is 2. The molecule has 0 unspecified atom stereocenters. The fraction of sp³-hybridized carbons (Fsp3) is 0.200. The number of rotatable bonds is 5. The van der Waals surface area contributed by atoms with Crippen LogP contribution in [-0.4, -0.2) is 22.7 Å². The Bertz CT molecular complexity index is 1060. The Hall–Kier alpha value is -3.28. The lowest BCUT2D eigenvalue weighted by Crippen LogP contribution is -2.23. The van der Waals surface area contributed by atoms with Crippen molar-refractivity contribution in [3.05, 3.63) is 71.5 Å². The molecule has 1 aliphatic heterocycles. The van der Waals surface area contributed by atoms with Crippen molar-refractivity contribution >= 4 is 11.6 Å². The third-order valence-corrected chi connectivity index (χ3v) is 4.30. The second-order valence-electron chi connectivity index (χ2n) is 6.05. The number of carbonyl (C=O) groups excluding carboxylic acids is 1. The van der Waals surface area contributed by atoms with Gasteiger partial charge in [-0.15, -0.1) is 0 Å². The molecule has 2 aromatic carbocycles. The monoisotopic (exact) mass is 352 g/mol. The van der Waals surface area contributed by atoms with E-state index in [4.69, 9.17) is 13.6 Å². The highest BCUT2D eigenvalue weighted by atomic mass is 16.5. The van der Waals surface area contributed by atoms with Crippen molar-refractivity contribution in [3.63, 3.8) is 0 Å². The number of benzene rings is 2. The molecular formula is C20H19N3O3. The Kier molecular flexibility index (Phi) is 3.28. The van der Waals surface area contributed by atoms with Gasteiger partial charge in [-0.1, -0.05) is 12.1 Å². The van der Waals surface area contributed by atoms with Gasteiger partial charge in [-0.2, -0.15) is 5.10 Å². The van der Waals surface area contributed by atoms with Crippen molar-refractivity contribution in [1.82, 2.24) is 9.78 Å². The van der Waals surface area contributed by atoms with Crippen molar-refractivity contribution in [3.8, 4) is 11.5 Å². The standard InChI is InChI=1S/C20H19N3O3/c1-22-10-9-15(21-22)13-26-16-7-8-17-14(11-16)12-23(20(17)24)18-5-3-4-6-19(18)25-2/h3-11H,12-13H2,1-2H3/i2D3. The summed E-state index contributed by atoms with van der Waals surface area (Å²) in [6.07, 6.45) is 1.84. The predicted octanol–water partition coefficient (Wildman–Crippen LogP) is 3.17. The third kappa shape index (κ3) is 2.90. The molecule has 0 spiro atoms. The molecule has 0 bridgehead atoms. The van der Waals surface area contributed by atoms with Crippen LogP contribution in [0.2, 0.25) is 0 Å². The van der Waals surface area contributed by atoms with Gasteiger partial charge in [-0.25, -0.2) is 0 Å². The van der Waals surface area contributed by atoms with Gasteiger partial charge >= 0.3 is 0 Å². The molecule has 0 saturated heterocycles. The van der Waals surface area contributed by atoms with E-state index in [9.17, 15) is 4.79 Å². The number of para-hydroxylation sites is 2. The van der Waals surface area contributed by atoms with Crippen molar-refractivity contribution in [1.29, 1.82) is 0 Å². The molecule has 0 saturated carbocycles. The average molecular weight is 352 g/mol. The van der Waals surface area contributed by atoms with Gasteiger partial charge in [0.05, 0.1) is 29.1 Å². The van der Waals surface area contributed by atoms with E-state index in [1.807, 2.05) is 25.4 Å². The molecule has 1 aromatic heterocycles. The lowest BCUT2D eigenvalue weighted by molar-refractivity contribution is 0.0996. The van der Waals surface area contributed by atoms with E-state index in [-0.39, 0.29) is 11.7 Å². The zero-order chi connectivity index (χ0) is 20.6. The molecule has 1 amide bonds. The number of ether oxygens (including phenoxy) is 2. The topological polar surface area (TPSA) is 56.6 Å². The molecule has 26 heavy (non-hydrogen) atoms. The largest absolute Gasteiger partial charge is 0.495 e. The highest BCUT2D eigenvalue weighted by molar-refractivity contribution is 6.10. The molecule has 0 N–H and O–H groups in total. The first-order valence-corrected chi connectivity index (χ1v) is 8.14. The van der Waals surface area contributed by atoms with E-state index in [2.05, 4.69) is 5.10 Å². The van der Waals surface area contributed by atoms with E-state index in [1.165, 1.54) is 4.90 Å². The van der Waals surface area contributed by atoms with Gasteiger partial charge in [0.25, 0.3) is 5.91 Å². The number of nitrogens with zero attached hydrogens (tertiary/aromatic N) is 3. The minimum atomic E-state index is -2.60. The van der Waals surface area contributed by atoms with Crippen molar-refractivity contribution in [2.24, 2.45) is 7.05 Å². The summed E-state index contributed by atoms with van der Waals surface area (Å²) < 4.78 is 34.6. The summed E-state index contributed by atoms with van der Waals surface area (Å²) in [6.45, 7) is 0.628. The van der Waals surface area contributed by atoms with Crippen LogP contribution in [0.15, 0.2) is 54.7 Å². The maximum Gasteiger partial charge on any atom is 0.259 e. The fourth-order valence-corrected chi connectivity index (χ4v) is 3.05. The van der Waals surface area contributed by atoms with Gasteiger partial charge in [0.15, 0.2) is 0 Å². The van der Waals surface area contributed by atoms with Crippen LogP contribution in [0.25, 0.3) is 0 Å². The van der Waals surface area contributed by atoms with Crippen molar-refractivity contribution < 1.29 is 18.4 Å². The SMILES string of the molecule is [2H]C([2H])([2H])Oc1ccccc1N1Cc2cc(OCc3ccn(C)n3)ccc2C1=O. The van der Waals surface area contributed by atoms with Crippen LogP contribution in [0.1, 0.15) is 25.7 Å². The number of anilines is 1. The second kappa shape index (κ2) is 6.55. The molecule has 2 heterocycles. The van der Waals surface area contributed by atoms with E-state index in [1.54, 1.807) is 41.1 Å². The van der Waals surface area contributed by atoms with Crippen LogP contribution in [0, 0.1) is 0 Å². The molecule has 6 nitrogen and oxygen atoms in total. The lowest BCUT2D eigenvalue weighted by atomic mass is 10.1. The minimum Gasteiger partial charge on any atom is -0.495 e. The lowest BCUT2D eigenvalue weighted by Gasteiger charge is -2.18. The summed E-state index contributed by atoms with van der Waals surface area (Å²) in [5.41, 5.74) is 2.58. The summed E-state index contributed by atoms with van der Waals surface area (Å²) in [6, 6.07) is 13.8. The van der Waals surface area contributed by atoms with Crippen LogP contribution in [0.3, 0.4) is 0 Å². The van der Waals surface area contributed by atoms with E-state index >= 15 is 0 Å². The highest BCUT2D eigenvalue weighted by Crippen LogP contribution is 2.35. The van der Waals surface area contributed by atoms with Crippen LogP contribution < -0.4 is 14.4 Å². The zero-order valence-corrected chi connectivity index (χ0v) is 14.2. The normalized spacial score (nSPS) is 15.2. The molecule has 0 atom stereocenters. The predicted molar refractivity (Wildman–Crippen MR) is 97.5 cm³/mol. The maximum absolute atomic E-state index is 12.9. The minimum absolute atomic E-state index is 0.139. The summed E-state index contributed by atoms with van der Waals surface area (Å²) in [4.78, 5) is 14.4. The number of carbonyl (C=O) groups is 1. The molecule has 6 heteroatoms. The molecule has 0 aliphatic carbocycles. The molecule has 0 radical (unpaired) electrons.